The van der Waals surface area contributed by atoms with E-state index in [0.717, 1.165) is 35.7 Å². The van der Waals surface area contributed by atoms with Gasteiger partial charge < -0.3 is 15.0 Å². The van der Waals surface area contributed by atoms with E-state index in [1.807, 2.05) is 30.5 Å². The van der Waals surface area contributed by atoms with Gasteiger partial charge in [0.1, 0.15) is 0 Å². The van der Waals surface area contributed by atoms with Gasteiger partial charge in [0, 0.05) is 42.3 Å². The molecule has 0 saturated carbocycles. The minimum atomic E-state index is -3.60. The Morgan fingerprint density at radius 1 is 1.03 bits per heavy atom. The van der Waals surface area contributed by atoms with E-state index in [9.17, 15) is 18.0 Å². The highest BCUT2D eigenvalue weighted by atomic mass is 32.2. The summed E-state index contributed by atoms with van der Waals surface area (Å²) in [5.74, 6) is -1.00. The number of benzene rings is 2. The van der Waals surface area contributed by atoms with Gasteiger partial charge >= 0.3 is 5.97 Å². The highest BCUT2D eigenvalue weighted by molar-refractivity contribution is 7.89. The van der Waals surface area contributed by atoms with E-state index in [4.69, 9.17) is 4.74 Å². The lowest BCUT2D eigenvalue weighted by Crippen LogP contribution is -2.35. The summed E-state index contributed by atoms with van der Waals surface area (Å²) in [7, 11) is -3.60. The molecule has 1 fully saturated rings. The lowest BCUT2D eigenvalue weighted by Gasteiger charge is -2.26. The van der Waals surface area contributed by atoms with Crippen LogP contribution in [0, 0.1) is 0 Å². The maximum Gasteiger partial charge on any atom is 0.306 e. The van der Waals surface area contributed by atoms with Crippen LogP contribution in [0.1, 0.15) is 31.2 Å². The number of anilines is 1. The van der Waals surface area contributed by atoms with Gasteiger partial charge in [-0.05, 0) is 49.1 Å². The number of carbonyl (C=O) groups excluding carboxylic acids is 2. The van der Waals surface area contributed by atoms with E-state index >= 15 is 0 Å². The number of hydrogen-bond acceptors (Lipinski definition) is 5. The van der Waals surface area contributed by atoms with Crippen molar-refractivity contribution in [2.45, 2.75) is 37.0 Å². The van der Waals surface area contributed by atoms with Crippen LogP contribution in [-0.4, -0.2) is 49.3 Å². The number of carbonyl (C=O) groups is 2. The third-order valence-electron chi connectivity index (χ3n) is 5.71. The van der Waals surface area contributed by atoms with Crippen molar-refractivity contribution in [2.24, 2.45) is 0 Å². The fourth-order valence-corrected chi connectivity index (χ4v) is 5.54. The Bertz CT molecular complexity index is 1250. The number of aromatic nitrogens is 1. The zero-order valence-corrected chi connectivity index (χ0v) is 19.1. The quantitative estimate of drug-likeness (QED) is 0.491. The summed E-state index contributed by atoms with van der Waals surface area (Å²) in [6.07, 6.45) is 5.25. The molecule has 1 saturated heterocycles. The Hall–Kier alpha value is -3.17. The molecule has 1 aliphatic heterocycles. The van der Waals surface area contributed by atoms with Crippen molar-refractivity contribution < 1.29 is 22.7 Å². The second-order valence-corrected chi connectivity index (χ2v) is 10.00. The van der Waals surface area contributed by atoms with Gasteiger partial charge in [0.2, 0.25) is 10.0 Å². The molecule has 0 aliphatic carbocycles. The molecule has 2 heterocycles. The summed E-state index contributed by atoms with van der Waals surface area (Å²) in [5, 5.41) is 3.66. The number of ether oxygens (including phenoxy) is 1. The van der Waals surface area contributed by atoms with Gasteiger partial charge in [-0.3, -0.25) is 9.59 Å². The lowest BCUT2D eigenvalue weighted by molar-refractivity contribution is -0.147. The van der Waals surface area contributed by atoms with Crippen molar-refractivity contribution >= 4 is 38.5 Å². The third-order valence-corrected chi connectivity index (χ3v) is 7.60. The molecule has 4 rings (SSSR count). The van der Waals surface area contributed by atoms with Crippen LogP contribution in [0.25, 0.3) is 10.9 Å². The smallest absolute Gasteiger partial charge is 0.306 e. The van der Waals surface area contributed by atoms with Crippen molar-refractivity contribution in [3.8, 4) is 0 Å². The average molecular weight is 470 g/mol. The van der Waals surface area contributed by atoms with Gasteiger partial charge in [-0.1, -0.05) is 30.7 Å². The van der Waals surface area contributed by atoms with Crippen LogP contribution >= 0.6 is 0 Å². The van der Waals surface area contributed by atoms with Crippen LogP contribution in [0.2, 0.25) is 0 Å². The zero-order chi connectivity index (χ0) is 23.3. The summed E-state index contributed by atoms with van der Waals surface area (Å²) < 4.78 is 32.2. The second-order valence-electron chi connectivity index (χ2n) is 8.06. The van der Waals surface area contributed by atoms with Gasteiger partial charge in [0.15, 0.2) is 6.61 Å². The first-order chi connectivity index (χ1) is 15.9. The maximum atomic E-state index is 12.8. The molecule has 33 heavy (non-hydrogen) atoms. The molecule has 1 aromatic heterocycles. The molecule has 1 amide bonds. The number of esters is 1. The van der Waals surface area contributed by atoms with E-state index in [0.29, 0.717) is 25.2 Å². The number of sulfonamides is 1. The Morgan fingerprint density at radius 3 is 2.64 bits per heavy atom. The van der Waals surface area contributed by atoms with Gasteiger partial charge in [-0.25, -0.2) is 8.42 Å². The first kappa shape index (κ1) is 23.0. The van der Waals surface area contributed by atoms with E-state index in [2.05, 4.69) is 10.3 Å². The number of H-pyrrole nitrogens is 1. The Morgan fingerprint density at radius 2 is 1.82 bits per heavy atom. The van der Waals surface area contributed by atoms with Crippen molar-refractivity contribution in [3.05, 3.63) is 60.3 Å². The molecule has 2 aromatic carbocycles. The number of amides is 1. The Labute approximate surface area is 193 Å². The van der Waals surface area contributed by atoms with Gasteiger partial charge in [0.05, 0.1) is 4.90 Å². The molecule has 174 valence electrons. The number of rotatable bonds is 8. The van der Waals surface area contributed by atoms with Crippen LogP contribution in [0.3, 0.4) is 0 Å². The van der Waals surface area contributed by atoms with Gasteiger partial charge in [-0.15, -0.1) is 0 Å². The van der Waals surface area contributed by atoms with Crippen LogP contribution in [-0.2, 0) is 30.8 Å². The minimum Gasteiger partial charge on any atom is -0.456 e. The van der Waals surface area contributed by atoms with Crippen LogP contribution in [0.5, 0.6) is 0 Å². The number of aryl methyl sites for hydroxylation is 1. The topological polar surface area (TPSA) is 109 Å². The number of piperidine rings is 1. The van der Waals surface area contributed by atoms with Crippen molar-refractivity contribution in [1.82, 2.24) is 9.29 Å². The number of para-hydroxylation sites is 1. The summed E-state index contributed by atoms with van der Waals surface area (Å²) >= 11 is 0. The fraction of sp³-hybridized carbons (Fsp3) is 0.333. The number of fused-ring (bicyclic) bond motifs is 1. The van der Waals surface area contributed by atoms with Crippen LogP contribution in [0.4, 0.5) is 5.69 Å². The van der Waals surface area contributed by atoms with Crippen molar-refractivity contribution in [2.75, 3.05) is 25.0 Å². The maximum absolute atomic E-state index is 12.8. The highest BCUT2D eigenvalue weighted by Crippen LogP contribution is 2.23. The van der Waals surface area contributed by atoms with Crippen LogP contribution < -0.4 is 5.32 Å². The molecule has 2 N–H and O–H groups in total. The summed E-state index contributed by atoms with van der Waals surface area (Å²) in [5.41, 5.74) is 2.36. The molecular formula is C24H27N3O5S. The molecule has 0 atom stereocenters. The van der Waals surface area contributed by atoms with E-state index in [1.165, 1.54) is 16.4 Å². The van der Waals surface area contributed by atoms with Crippen molar-refractivity contribution in [3.63, 3.8) is 0 Å². The lowest BCUT2D eigenvalue weighted by atomic mass is 10.1. The molecule has 0 radical (unpaired) electrons. The molecular weight excluding hydrogens is 442 g/mol. The summed E-state index contributed by atoms with van der Waals surface area (Å²) in [6, 6.07) is 14.0. The number of hydrogen-bond donors (Lipinski definition) is 2. The fourth-order valence-electron chi connectivity index (χ4n) is 3.98. The van der Waals surface area contributed by atoms with Crippen molar-refractivity contribution in [1.29, 1.82) is 0 Å². The summed E-state index contributed by atoms with van der Waals surface area (Å²) in [4.78, 5) is 27.6. The van der Waals surface area contributed by atoms with E-state index < -0.39 is 28.5 Å². The number of aromatic amines is 1. The van der Waals surface area contributed by atoms with Crippen LogP contribution in [0.15, 0.2) is 59.6 Å². The molecule has 0 unspecified atom stereocenters. The predicted molar refractivity (Wildman–Crippen MR) is 125 cm³/mol. The van der Waals surface area contributed by atoms with Gasteiger partial charge in [-0.2, -0.15) is 4.31 Å². The molecule has 0 bridgehead atoms. The molecule has 8 nitrogen and oxygen atoms in total. The zero-order valence-electron chi connectivity index (χ0n) is 18.2. The Kier molecular flexibility index (Phi) is 7.10. The molecule has 1 aliphatic rings. The second kappa shape index (κ2) is 10.2. The summed E-state index contributed by atoms with van der Waals surface area (Å²) in [6.45, 7) is 0.580. The number of nitrogens with zero attached hydrogens (tertiary/aromatic N) is 1. The third kappa shape index (κ3) is 5.61. The average Bonchev–Trinajstić information content (AvgIpc) is 3.25. The minimum absolute atomic E-state index is 0.137. The molecule has 3 aromatic rings. The predicted octanol–water partition coefficient (Wildman–Crippen LogP) is 3.46. The Balaban J connectivity index is 1.28. The normalized spacial score (nSPS) is 14.8. The van der Waals surface area contributed by atoms with E-state index in [1.54, 1.807) is 12.1 Å². The standard InChI is InChI=1S/C24H27N3O5S/c28-23(17-32-24(29)12-11-18-16-25-22-10-3-2-9-21(18)22)26-19-7-6-8-20(15-19)33(30,31)27-13-4-1-5-14-27/h2-3,6-10,15-16,25H,1,4-5,11-14,17H2,(H,26,28). The highest BCUT2D eigenvalue weighted by Gasteiger charge is 2.26. The number of nitrogens with one attached hydrogen (secondary N) is 2. The largest absolute Gasteiger partial charge is 0.456 e. The molecule has 0 spiro atoms. The monoisotopic (exact) mass is 469 g/mol. The SMILES string of the molecule is O=C(COC(=O)CCc1c[nH]c2ccccc12)Nc1cccc(S(=O)(=O)N2CCCCC2)c1. The molecule has 9 heteroatoms. The van der Waals surface area contributed by atoms with Gasteiger partial charge in [0.25, 0.3) is 5.91 Å². The first-order valence-corrected chi connectivity index (χ1v) is 12.5. The van der Waals surface area contributed by atoms with E-state index in [-0.39, 0.29) is 11.3 Å². The first-order valence-electron chi connectivity index (χ1n) is 11.0.